The largest absolute Gasteiger partial charge is 0.465 e. The molecule has 4 nitrogen and oxygen atoms in total. The van der Waals surface area contributed by atoms with Crippen LogP contribution in [0.2, 0.25) is 0 Å². The van der Waals surface area contributed by atoms with Gasteiger partial charge in [-0.2, -0.15) is 0 Å². The van der Waals surface area contributed by atoms with Crippen LogP contribution < -0.4 is 5.32 Å². The molecule has 0 saturated carbocycles. The number of ether oxygens (including phenoxy) is 2. The molecule has 1 N–H and O–H groups in total. The highest BCUT2D eigenvalue weighted by Crippen LogP contribution is 2.18. The standard InChI is InChI=1S/C14H23NO3/c1-10(2)15-7-14-6-12(11(3)18-14)8-17-13-4-5-16-9-13/h6,10,13,15H,4-5,7-9H2,1-3H3. The average Bonchev–Trinajstić information content (AvgIpc) is 2.93. The van der Waals surface area contributed by atoms with Gasteiger partial charge in [0.1, 0.15) is 11.5 Å². The molecule has 1 aliphatic rings. The van der Waals surface area contributed by atoms with E-state index in [9.17, 15) is 0 Å². The highest BCUT2D eigenvalue weighted by Gasteiger charge is 2.17. The third kappa shape index (κ3) is 3.83. The van der Waals surface area contributed by atoms with Crippen molar-refractivity contribution in [3.05, 3.63) is 23.2 Å². The molecule has 0 bridgehead atoms. The van der Waals surface area contributed by atoms with Crippen LogP contribution in [0.3, 0.4) is 0 Å². The third-order valence-corrected chi connectivity index (χ3v) is 3.12. The molecule has 1 atom stereocenters. The molecular weight excluding hydrogens is 230 g/mol. The molecule has 0 aliphatic carbocycles. The highest BCUT2D eigenvalue weighted by atomic mass is 16.5. The zero-order valence-corrected chi connectivity index (χ0v) is 11.5. The molecule has 1 fully saturated rings. The van der Waals surface area contributed by atoms with E-state index in [1.54, 1.807) is 0 Å². The minimum atomic E-state index is 0.247. The van der Waals surface area contributed by atoms with Gasteiger partial charge in [-0.25, -0.2) is 0 Å². The number of furan rings is 1. The Kier molecular flexibility index (Phi) is 4.80. The van der Waals surface area contributed by atoms with Gasteiger partial charge in [0.15, 0.2) is 0 Å². The lowest BCUT2D eigenvalue weighted by Crippen LogP contribution is -2.21. The Morgan fingerprint density at radius 1 is 1.50 bits per heavy atom. The quantitative estimate of drug-likeness (QED) is 0.845. The van der Waals surface area contributed by atoms with Crippen LogP contribution in [0, 0.1) is 6.92 Å². The van der Waals surface area contributed by atoms with Gasteiger partial charge in [-0.15, -0.1) is 0 Å². The van der Waals surface area contributed by atoms with Crippen molar-refractivity contribution in [1.82, 2.24) is 5.32 Å². The molecule has 2 heterocycles. The SMILES string of the molecule is Cc1oc(CNC(C)C)cc1COC1CCOC1. The Labute approximate surface area is 109 Å². The lowest BCUT2D eigenvalue weighted by atomic mass is 10.2. The van der Waals surface area contributed by atoms with Crippen LogP contribution in [-0.4, -0.2) is 25.4 Å². The average molecular weight is 253 g/mol. The van der Waals surface area contributed by atoms with Crippen LogP contribution >= 0.6 is 0 Å². The maximum Gasteiger partial charge on any atom is 0.118 e. The minimum Gasteiger partial charge on any atom is -0.465 e. The molecule has 1 aliphatic heterocycles. The molecule has 2 rings (SSSR count). The van der Waals surface area contributed by atoms with E-state index < -0.39 is 0 Å². The number of hydrogen-bond acceptors (Lipinski definition) is 4. The first-order chi connectivity index (χ1) is 8.65. The van der Waals surface area contributed by atoms with Gasteiger partial charge in [-0.3, -0.25) is 0 Å². The molecule has 0 radical (unpaired) electrons. The van der Waals surface area contributed by atoms with E-state index in [1.807, 2.05) is 6.92 Å². The fourth-order valence-electron chi connectivity index (χ4n) is 1.97. The van der Waals surface area contributed by atoms with Crippen molar-refractivity contribution < 1.29 is 13.9 Å². The van der Waals surface area contributed by atoms with Crippen molar-refractivity contribution in [3.8, 4) is 0 Å². The Morgan fingerprint density at radius 3 is 3.00 bits per heavy atom. The highest BCUT2D eigenvalue weighted by molar-refractivity contribution is 5.20. The summed E-state index contributed by atoms with van der Waals surface area (Å²) in [6, 6.07) is 2.55. The van der Waals surface area contributed by atoms with Crippen molar-refractivity contribution in [2.45, 2.75) is 52.5 Å². The summed E-state index contributed by atoms with van der Waals surface area (Å²) in [6.07, 6.45) is 1.25. The summed E-state index contributed by atoms with van der Waals surface area (Å²) in [5, 5.41) is 3.34. The van der Waals surface area contributed by atoms with E-state index in [-0.39, 0.29) is 6.10 Å². The van der Waals surface area contributed by atoms with E-state index in [4.69, 9.17) is 13.9 Å². The van der Waals surface area contributed by atoms with Gasteiger partial charge in [0.25, 0.3) is 0 Å². The van der Waals surface area contributed by atoms with Gasteiger partial charge < -0.3 is 19.2 Å². The summed E-state index contributed by atoms with van der Waals surface area (Å²) >= 11 is 0. The summed E-state index contributed by atoms with van der Waals surface area (Å²) in [4.78, 5) is 0. The summed E-state index contributed by atoms with van der Waals surface area (Å²) in [7, 11) is 0. The number of nitrogens with one attached hydrogen (secondary N) is 1. The van der Waals surface area contributed by atoms with Crippen LogP contribution in [0.1, 0.15) is 37.4 Å². The summed E-state index contributed by atoms with van der Waals surface area (Å²) in [5.41, 5.74) is 1.14. The van der Waals surface area contributed by atoms with Gasteiger partial charge in [0.2, 0.25) is 0 Å². The summed E-state index contributed by atoms with van der Waals surface area (Å²) in [6.45, 7) is 9.16. The second-order valence-electron chi connectivity index (χ2n) is 5.13. The predicted octanol–water partition coefficient (Wildman–Crippen LogP) is 2.39. The molecule has 1 aromatic heterocycles. The zero-order chi connectivity index (χ0) is 13.0. The van der Waals surface area contributed by atoms with Crippen molar-refractivity contribution in [2.24, 2.45) is 0 Å². The second-order valence-corrected chi connectivity index (χ2v) is 5.13. The van der Waals surface area contributed by atoms with Gasteiger partial charge in [0.05, 0.1) is 25.9 Å². The van der Waals surface area contributed by atoms with Crippen LogP contribution in [0.5, 0.6) is 0 Å². The molecule has 1 unspecified atom stereocenters. The molecule has 0 aromatic carbocycles. The van der Waals surface area contributed by atoms with E-state index in [1.165, 1.54) is 0 Å². The first kappa shape index (κ1) is 13.6. The minimum absolute atomic E-state index is 0.247. The van der Waals surface area contributed by atoms with Crippen LogP contribution in [0.25, 0.3) is 0 Å². The smallest absolute Gasteiger partial charge is 0.118 e. The Hall–Kier alpha value is -0.840. The fraction of sp³-hybridized carbons (Fsp3) is 0.714. The Balaban J connectivity index is 1.83. The molecule has 1 saturated heterocycles. The van der Waals surface area contributed by atoms with Crippen LogP contribution in [-0.2, 0) is 22.6 Å². The molecular formula is C14H23NO3. The van der Waals surface area contributed by atoms with Crippen molar-refractivity contribution in [1.29, 1.82) is 0 Å². The van der Waals surface area contributed by atoms with Gasteiger partial charge >= 0.3 is 0 Å². The molecule has 18 heavy (non-hydrogen) atoms. The maximum atomic E-state index is 5.80. The van der Waals surface area contributed by atoms with Crippen LogP contribution in [0.15, 0.2) is 10.5 Å². The normalized spacial score (nSPS) is 19.9. The summed E-state index contributed by atoms with van der Waals surface area (Å²) in [5.74, 6) is 1.93. The molecule has 102 valence electrons. The Morgan fingerprint density at radius 2 is 2.33 bits per heavy atom. The van der Waals surface area contributed by atoms with E-state index in [0.717, 1.165) is 43.3 Å². The van der Waals surface area contributed by atoms with Crippen molar-refractivity contribution >= 4 is 0 Å². The maximum absolute atomic E-state index is 5.80. The molecule has 0 spiro atoms. The third-order valence-electron chi connectivity index (χ3n) is 3.12. The molecule has 1 aromatic rings. The summed E-state index contributed by atoms with van der Waals surface area (Å²) < 4.78 is 16.8. The molecule has 0 amide bonds. The van der Waals surface area contributed by atoms with E-state index in [0.29, 0.717) is 12.6 Å². The monoisotopic (exact) mass is 253 g/mol. The number of aryl methyl sites for hydroxylation is 1. The Bertz CT molecular complexity index is 367. The second kappa shape index (κ2) is 6.36. The van der Waals surface area contributed by atoms with Crippen molar-refractivity contribution in [2.75, 3.05) is 13.2 Å². The first-order valence-corrected chi connectivity index (χ1v) is 6.66. The van der Waals surface area contributed by atoms with E-state index in [2.05, 4.69) is 25.2 Å². The van der Waals surface area contributed by atoms with Gasteiger partial charge in [-0.05, 0) is 19.4 Å². The number of hydrogen-bond donors (Lipinski definition) is 1. The van der Waals surface area contributed by atoms with Gasteiger partial charge in [-0.1, -0.05) is 13.8 Å². The molecule has 4 heteroatoms. The zero-order valence-electron chi connectivity index (χ0n) is 11.5. The van der Waals surface area contributed by atoms with Crippen molar-refractivity contribution in [3.63, 3.8) is 0 Å². The first-order valence-electron chi connectivity index (χ1n) is 6.66. The lowest BCUT2D eigenvalue weighted by Gasteiger charge is -2.08. The lowest BCUT2D eigenvalue weighted by molar-refractivity contribution is 0.0312. The van der Waals surface area contributed by atoms with Crippen LogP contribution in [0.4, 0.5) is 0 Å². The predicted molar refractivity (Wildman–Crippen MR) is 69.4 cm³/mol. The van der Waals surface area contributed by atoms with E-state index >= 15 is 0 Å². The number of rotatable bonds is 6. The van der Waals surface area contributed by atoms with Gasteiger partial charge in [0, 0.05) is 18.2 Å². The fourth-order valence-corrected chi connectivity index (χ4v) is 1.97. The topological polar surface area (TPSA) is 43.6 Å².